The number of hydrogen-bond acceptors (Lipinski definition) is 6. The van der Waals surface area contributed by atoms with E-state index in [0.29, 0.717) is 6.54 Å². The number of primary sulfonamides is 1. The van der Waals surface area contributed by atoms with Gasteiger partial charge in [0.05, 0.1) is 11.7 Å². The molecule has 0 unspecified atom stereocenters. The van der Waals surface area contributed by atoms with E-state index >= 15 is 0 Å². The first-order valence-corrected chi connectivity index (χ1v) is 10.0. The summed E-state index contributed by atoms with van der Waals surface area (Å²) in [5.41, 5.74) is 0.243. The average Bonchev–Trinajstić information content (AvgIpc) is 3.26. The van der Waals surface area contributed by atoms with Crippen LogP contribution in [-0.4, -0.2) is 69.6 Å². The van der Waals surface area contributed by atoms with Gasteiger partial charge >= 0.3 is 0 Å². The van der Waals surface area contributed by atoms with Crippen LogP contribution in [0, 0.1) is 6.92 Å². The lowest BCUT2D eigenvalue weighted by Crippen LogP contribution is -2.42. The number of aryl methyl sites for hydroxylation is 1. The SMILES string of the molecule is CO[C@H]1C[C@@H](CN2CCCC2)N(C(=O)c2cc(S(N)(=O)=O)oc2C)C1. The lowest BCUT2D eigenvalue weighted by atomic mass is 10.1. The van der Waals surface area contributed by atoms with Gasteiger partial charge in [-0.2, -0.15) is 0 Å². The molecule has 3 rings (SSSR count). The van der Waals surface area contributed by atoms with Gasteiger partial charge in [-0.3, -0.25) is 4.79 Å². The molecule has 25 heavy (non-hydrogen) atoms. The number of carbonyl (C=O) groups excluding carboxylic acids is 1. The summed E-state index contributed by atoms with van der Waals surface area (Å²) in [6.07, 6.45) is 3.14. The lowest BCUT2D eigenvalue weighted by Gasteiger charge is -2.28. The molecule has 9 heteroatoms. The zero-order chi connectivity index (χ0) is 18.2. The maximum Gasteiger partial charge on any atom is 0.271 e. The molecule has 0 saturated carbocycles. The van der Waals surface area contributed by atoms with Gasteiger partial charge in [0.25, 0.3) is 15.9 Å². The summed E-state index contributed by atoms with van der Waals surface area (Å²) < 4.78 is 33.6. The van der Waals surface area contributed by atoms with Crippen molar-refractivity contribution in [2.45, 2.75) is 43.4 Å². The quantitative estimate of drug-likeness (QED) is 0.811. The molecular formula is C16H25N3O5S. The number of ether oxygens (including phenoxy) is 1. The van der Waals surface area contributed by atoms with Crippen molar-refractivity contribution in [3.8, 4) is 0 Å². The van der Waals surface area contributed by atoms with E-state index in [1.807, 2.05) is 0 Å². The van der Waals surface area contributed by atoms with Crippen LogP contribution in [0.4, 0.5) is 0 Å². The first-order valence-electron chi connectivity index (χ1n) is 8.49. The average molecular weight is 371 g/mol. The molecule has 140 valence electrons. The highest BCUT2D eigenvalue weighted by Gasteiger charge is 2.38. The van der Waals surface area contributed by atoms with Gasteiger partial charge in [-0.15, -0.1) is 0 Å². The van der Waals surface area contributed by atoms with Crippen molar-refractivity contribution in [2.24, 2.45) is 5.14 Å². The molecule has 2 N–H and O–H groups in total. The summed E-state index contributed by atoms with van der Waals surface area (Å²) in [6, 6.07) is 1.27. The molecule has 3 heterocycles. The highest BCUT2D eigenvalue weighted by molar-refractivity contribution is 7.89. The largest absolute Gasteiger partial charge is 0.448 e. The monoisotopic (exact) mass is 371 g/mol. The van der Waals surface area contributed by atoms with Crippen molar-refractivity contribution in [1.29, 1.82) is 0 Å². The van der Waals surface area contributed by atoms with Crippen molar-refractivity contribution in [3.63, 3.8) is 0 Å². The highest BCUT2D eigenvalue weighted by atomic mass is 32.2. The Labute approximate surface area is 147 Å². The molecular weight excluding hydrogens is 346 g/mol. The molecule has 1 amide bonds. The first-order chi connectivity index (χ1) is 11.8. The highest BCUT2D eigenvalue weighted by Crippen LogP contribution is 2.27. The van der Waals surface area contributed by atoms with E-state index in [-0.39, 0.29) is 34.5 Å². The summed E-state index contributed by atoms with van der Waals surface area (Å²) in [5.74, 6) is 0.0229. The van der Waals surface area contributed by atoms with Crippen LogP contribution in [0.1, 0.15) is 35.4 Å². The van der Waals surface area contributed by atoms with E-state index in [2.05, 4.69) is 4.90 Å². The van der Waals surface area contributed by atoms with Crippen LogP contribution in [-0.2, 0) is 14.8 Å². The molecule has 2 atom stereocenters. The zero-order valence-corrected chi connectivity index (χ0v) is 15.4. The second-order valence-corrected chi connectivity index (χ2v) is 8.29. The first kappa shape index (κ1) is 18.4. The van der Waals surface area contributed by atoms with Crippen LogP contribution in [0.3, 0.4) is 0 Å². The number of sulfonamides is 1. The molecule has 0 bridgehead atoms. The van der Waals surface area contributed by atoms with Crippen LogP contribution in [0.5, 0.6) is 0 Å². The number of nitrogens with zero attached hydrogens (tertiary/aromatic N) is 2. The standard InChI is InChI=1S/C16H25N3O5S/c1-11-14(8-15(24-11)25(17,21)22)16(20)19-10-13(23-2)7-12(19)9-18-5-3-4-6-18/h8,12-13H,3-7,9-10H2,1-2H3,(H2,17,21,22)/t12-,13-/m0/s1. The van der Waals surface area contributed by atoms with Crippen LogP contribution >= 0.6 is 0 Å². The lowest BCUT2D eigenvalue weighted by molar-refractivity contribution is 0.0668. The molecule has 2 aliphatic heterocycles. The van der Waals surface area contributed by atoms with Crippen LogP contribution < -0.4 is 5.14 Å². The number of hydrogen-bond donors (Lipinski definition) is 1. The number of nitrogens with two attached hydrogens (primary N) is 1. The predicted molar refractivity (Wildman–Crippen MR) is 90.7 cm³/mol. The Bertz CT molecular complexity index is 739. The Morgan fingerprint density at radius 2 is 2.08 bits per heavy atom. The van der Waals surface area contributed by atoms with E-state index in [1.54, 1.807) is 18.9 Å². The Morgan fingerprint density at radius 1 is 1.40 bits per heavy atom. The van der Waals surface area contributed by atoms with Crippen LogP contribution in [0.2, 0.25) is 0 Å². The third-order valence-electron chi connectivity index (χ3n) is 5.04. The molecule has 2 aliphatic rings. The molecule has 0 aliphatic carbocycles. The number of furan rings is 1. The Kier molecular flexibility index (Phi) is 5.19. The Balaban J connectivity index is 1.82. The Morgan fingerprint density at radius 3 is 2.64 bits per heavy atom. The van der Waals surface area contributed by atoms with Crippen molar-refractivity contribution in [3.05, 3.63) is 17.4 Å². The van der Waals surface area contributed by atoms with E-state index in [9.17, 15) is 13.2 Å². The molecule has 2 fully saturated rings. The summed E-state index contributed by atoms with van der Waals surface area (Å²) in [6.45, 7) is 4.97. The minimum absolute atomic E-state index is 0.0125. The van der Waals surface area contributed by atoms with Gasteiger partial charge < -0.3 is 19.0 Å². The maximum atomic E-state index is 13.0. The van der Waals surface area contributed by atoms with Gasteiger partial charge in [0.15, 0.2) is 0 Å². The van der Waals surface area contributed by atoms with Gasteiger partial charge in [-0.1, -0.05) is 0 Å². The van der Waals surface area contributed by atoms with Gasteiger partial charge in [-0.25, -0.2) is 13.6 Å². The van der Waals surface area contributed by atoms with Crippen LogP contribution in [0.15, 0.2) is 15.6 Å². The van der Waals surface area contributed by atoms with Gasteiger partial charge in [0.1, 0.15) is 5.76 Å². The number of rotatable bonds is 5. The second kappa shape index (κ2) is 7.06. The minimum Gasteiger partial charge on any atom is -0.448 e. The van der Waals surface area contributed by atoms with E-state index < -0.39 is 10.0 Å². The molecule has 1 aromatic heterocycles. The van der Waals surface area contributed by atoms with Crippen molar-refractivity contribution >= 4 is 15.9 Å². The number of amides is 1. The molecule has 2 saturated heterocycles. The maximum absolute atomic E-state index is 13.0. The third kappa shape index (κ3) is 3.89. The second-order valence-electron chi connectivity index (χ2n) is 6.79. The molecule has 1 aromatic rings. The van der Waals surface area contributed by atoms with Gasteiger partial charge in [0.2, 0.25) is 5.09 Å². The number of carbonyl (C=O) groups is 1. The molecule has 0 radical (unpaired) electrons. The zero-order valence-electron chi connectivity index (χ0n) is 14.6. The third-order valence-corrected chi connectivity index (χ3v) is 5.81. The van der Waals surface area contributed by atoms with Gasteiger partial charge in [0, 0.05) is 32.3 Å². The molecule has 0 spiro atoms. The fourth-order valence-corrected chi connectivity index (χ4v) is 4.21. The molecule has 8 nitrogen and oxygen atoms in total. The Hall–Kier alpha value is -1.42. The van der Waals surface area contributed by atoms with Crippen LogP contribution in [0.25, 0.3) is 0 Å². The van der Waals surface area contributed by atoms with Crippen molar-refractivity contribution < 1.29 is 22.4 Å². The van der Waals surface area contributed by atoms with E-state index in [4.69, 9.17) is 14.3 Å². The minimum atomic E-state index is -3.98. The summed E-state index contributed by atoms with van der Waals surface area (Å²) in [4.78, 5) is 17.1. The topological polar surface area (TPSA) is 106 Å². The van der Waals surface area contributed by atoms with E-state index in [1.165, 1.54) is 18.9 Å². The summed E-state index contributed by atoms with van der Waals surface area (Å²) in [5, 5.41) is 4.72. The number of likely N-dealkylation sites (tertiary alicyclic amines) is 2. The van der Waals surface area contributed by atoms with Crippen molar-refractivity contribution in [1.82, 2.24) is 9.80 Å². The normalized spacial score (nSPS) is 25.0. The fraction of sp³-hybridized carbons (Fsp3) is 0.688. The smallest absolute Gasteiger partial charge is 0.271 e. The predicted octanol–water partition coefficient (Wildman–Crippen LogP) is 0.561. The summed E-state index contributed by atoms with van der Waals surface area (Å²) in [7, 11) is -2.33. The van der Waals surface area contributed by atoms with Gasteiger partial charge in [-0.05, 0) is 39.3 Å². The number of methoxy groups -OCH3 is 1. The molecule has 0 aromatic carbocycles. The van der Waals surface area contributed by atoms with E-state index in [0.717, 1.165) is 26.1 Å². The van der Waals surface area contributed by atoms with Crippen molar-refractivity contribution in [2.75, 3.05) is 33.3 Å². The summed E-state index contributed by atoms with van der Waals surface area (Å²) >= 11 is 0. The fourth-order valence-electron chi connectivity index (χ4n) is 3.69.